The fourth-order valence-electron chi connectivity index (χ4n) is 3.43. The Morgan fingerprint density at radius 1 is 1.20 bits per heavy atom. The van der Waals surface area contributed by atoms with Gasteiger partial charge in [0.25, 0.3) is 0 Å². The Bertz CT molecular complexity index is 1140. The van der Waals surface area contributed by atoms with Gasteiger partial charge in [-0.05, 0) is 44.0 Å². The van der Waals surface area contributed by atoms with Crippen LogP contribution >= 0.6 is 11.8 Å². The van der Waals surface area contributed by atoms with E-state index in [4.69, 9.17) is 4.42 Å². The van der Waals surface area contributed by atoms with Gasteiger partial charge in [-0.1, -0.05) is 43.0 Å². The number of nitrogens with zero attached hydrogens (tertiary/aromatic N) is 3. The maximum atomic E-state index is 12.8. The second-order valence-electron chi connectivity index (χ2n) is 7.18. The minimum absolute atomic E-state index is 0.0671. The first-order chi connectivity index (χ1) is 14.5. The number of thioether (sulfide) groups is 1. The number of ketones is 1. The molecule has 154 valence electrons. The lowest BCUT2D eigenvalue weighted by Gasteiger charge is -2.07. The fraction of sp³-hybridized carbons (Fsp3) is 0.261. The smallest absolute Gasteiger partial charge is 0.209 e. The summed E-state index contributed by atoms with van der Waals surface area (Å²) in [5, 5.41) is 7.79. The van der Waals surface area contributed by atoms with Crippen LogP contribution in [0.3, 0.4) is 0 Å². The van der Waals surface area contributed by atoms with E-state index >= 15 is 0 Å². The average Bonchev–Trinajstić information content (AvgIpc) is 3.50. The number of rotatable bonds is 8. The Morgan fingerprint density at radius 2 is 2.00 bits per heavy atom. The number of carbonyl (C=O) groups is 1. The van der Waals surface area contributed by atoms with Crippen molar-refractivity contribution in [3.63, 3.8) is 0 Å². The van der Waals surface area contributed by atoms with E-state index in [1.807, 2.05) is 44.2 Å². The monoisotopic (exact) mass is 420 g/mol. The zero-order chi connectivity index (χ0) is 21.1. The first-order valence-corrected chi connectivity index (χ1v) is 10.9. The molecule has 0 saturated heterocycles. The van der Waals surface area contributed by atoms with Crippen LogP contribution in [0.2, 0.25) is 0 Å². The predicted octanol–water partition coefficient (Wildman–Crippen LogP) is 5.07. The van der Waals surface area contributed by atoms with Crippen molar-refractivity contribution < 1.29 is 9.21 Å². The molecule has 0 unspecified atom stereocenters. The van der Waals surface area contributed by atoms with Gasteiger partial charge in [0.1, 0.15) is 5.76 Å². The summed E-state index contributed by atoms with van der Waals surface area (Å²) >= 11 is 1.34. The molecule has 6 nitrogen and oxygen atoms in total. The number of hydrogen-bond donors (Lipinski definition) is 1. The highest BCUT2D eigenvalue weighted by molar-refractivity contribution is 7.99. The van der Waals surface area contributed by atoms with E-state index in [1.165, 1.54) is 17.3 Å². The fourth-order valence-corrected chi connectivity index (χ4v) is 4.11. The number of aryl methyl sites for hydroxylation is 2. The molecule has 3 heterocycles. The van der Waals surface area contributed by atoms with Gasteiger partial charge in [-0.2, -0.15) is 0 Å². The molecule has 0 atom stereocenters. The van der Waals surface area contributed by atoms with Gasteiger partial charge in [0.15, 0.2) is 11.6 Å². The third-order valence-corrected chi connectivity index (χ3v) is 6.05. The summed E-state index contributed by atoms with van der Waals surface area (Å²) < 4.78 is 7.54. The third kappa shape index (κ3) is 4.26. The highest BCUT2D eigenvalue weighted by Crippen LogP contribution is 2.23. The largest absolute Gasteiger partial charge is 0.467 e. The highest BCUT2D eigenvalue weighted by atomic mass is 32.2. The average molecular weight is 421 g/mol. The molecule has 1 N–H and O–H groups in total. The molecule has 7 heteroatoms. The van der Waals surface area contributed by atoms with Crippen molar-refractivity contribution in [1.29, 1.82) is 0 Å². The van der Waals surface area contributed by atoms with Gasteiger partial charge in [-0.25, -0.2) is 4.98 Å². The minimum Gasteiger partial charge on any atom is -0.467 e. The topological polar surface area (TPSA) is 76.7 Å². The molecule has 0 bridgehead atoms. The summed E-state index contributed by atoms with van der Waals surface area (Å²) in [6.07, 6.45) is 2.66. The van der Waals surface area contributed by atoms with Crippen LogP contribution in [0.4, 0.5) is 0 Å². The number of carbonyl (C=O) groups excluding carboxylic acids is 1. The van der Waals surface area contributed by atoms with Gasteiger partial charge in [-0.3, -0.25) is 9.89 Å². The predicted molar refractivity (Wildman–Crippen MR) is 118 cm³/mol. The number of hydrogen-bond acceptors (Lipinski definition) is 5. The van der Waals surface area contributed by atoms with Crippen LogP contribution in [0.5, 0.6) is 0 Å². The second kappa shape index (κ2) is 8.75. The highest BCUT2D eigenvalue weighted by Gasteiger charge is 2.17. The number of benzene rings is 1. The summed E-state index contributed by atoms with van der Waals surface area (Å²) in [7, 11) is 0. The van der Waals surface area contributed by atoms with E-state index < -0.39 is 0 Å². The molecule has 0 spiro atoms. The summed E-state index contributed by atoms with van der Waals surface area (Å²) in [6, 6.07) is 14.0. The molecule has 0 aliphatic rings. The van der Waals surface area contributed by atoms with Crippen molar-refractivity contribution in [2.24, 2.45) is 0 Å². The van der Waals surface area contributed by atoms with E-state index in [2.05, 4.69) is 38.8 Å². The molecule has 0 radical (unpaired) electrons. The third-order valence-electron chi connectivity index (χ3n) is 5.20. The first-order valence-electron chi connectivity index (χ1n) is 9.92. The minimum atomic E-state index is 0.0671. The Hall–Kier alpha value is -3.06. The van der Waals surface area contributed by atoms with Gasteiger partial charge in [0.05, 0.1) is 18.6 Å². The van der Waals surface area contributed by atoms with E-state index in [0.29, 0.717) is 17.5 Å². The van der Waals surface area contributed by atoms with Crippen molar-refractivity contribution in [2.45, 2.75) is 38.9 Å². The quantitative estimate of drug-likeness (QED) is 0.318. The summed E-state index contributed by atoms with van der Waals surface area (Å²) in [5.41, 5.74) is 4.98. The molecule has 4 rings (SSSR count). The van der Waals surface area contributed by atoms with Crippen molar-refractivity contribution in [3.05, 3.63) is 77.0 Å². The molecule has 0 saturated carbocycles. The number of furan rings is 1. The Morgan fingerprint density at radius 3 is 2.70 bits per heavy atom. The normalized spacial score (nSPS) is 11.2. The zero-order valence-corrected chi connectivity index (χ0v) is 18.1. The maximum absolute atomic E-state index is 12.8. The SMILES string of the molecule is CCc1ccc(-c2nc(SCC(=O)c3cc(C)n(Cc4ccco4)c3C)n[nH]2)cc1. The second-order valence-corrected chi connectivity index (χ2v) is 8.12. The summed E-state index contributed by atoms with van der Waals surface area (Å²) in [4.78, 5) is 17.4. The maximum Gasteiger partial charge on any atom is 0.209 e. The first kappa shape index (κ1) is 20.2. The molecule has 0 aliphatic heterocycles. The lowest BCUT2D eigenvalue weighted by molar-refractivity contribution is 0.102. The van der Waals surface area contributed by atoms with Crippen LogP contribution in [-0.4, -0.2) is 31.3 Å². The Kier molecular flexibility index (Phi) is 5.90. The molecular formula is C23H24N4O2S. The van der Waals surface area contributed by atoms with E-state index in [0.717, 1.165) is 34.7 Å². The number of nitrogens with one attached hydrogen (secondary N) is 1. The number of H-pyrrole nitrogens is 1. The molecule has 30 heavy (non-hydrogen) atoms. The Labute approximate surface area is 179 Å². The van der Waals surface area contributed by atoms with Gasteiger partial charge in [0.2, 0.25) is 5.16 Å². The molecule has 0 aliphatic carbocycles. The van der Waals surface area contributed by atoms with E-state index in [1.54, 1.807) is 6.26 Å². The molecule has 3 aromatic heterocycles. The molecule has 0 fully saturated rings. The van der Waals surface area contributed by atoms with Crippen molar-refractivity contribution >= 4 is 17.5 Å². The van der Waals surface area contributed by atoms with Crippen LogP contribution in [0.15, 0.2) is 58.3 Å². The van der Waals surface area contributed by atoms with Crippen LogP contribution in [0.25, 0.3) is 11.4 Å². The van der Waals surface area contributed by atoms with E-state index in [-0.39, 0.29) is 11.5 Å². The van der Waals surface area contributed by atoms with Gasteiger partial charge < -0.3 is 8.98 Å². The molecule has 1 aromatic carbocycles. The van der Waals surface area contributed by atoms with Crippen LogP contribution < -0.4 is 0 Å². The van der Waals surface area contributed by atoms with Gasteiger partial charge >= 0.3 is 0 Å². The van der Waals surface area contributed by atoms with Crippen molar-refractivity contribution in [3.8, 4) is 11.4 Å². The van der Waals surface area contributed by atoms with Gasteiger partial charge in [0, 0.05) is 22.5 Å². The lowest BCUT2D eigenvalue weighted by Crippen LogP contribution is -2.07. The summed E-state index contributed by atoms with van der Waals surface area (Å²) in [6.45, 7) is 6.72. The van der Waals surface area contributed by atoms with E-state index in [9.17, 15) is 4.79 Å². The van der Waals surface area contributed by atoms with Crippen LogP contribution in [0, 0.1) is 13.8 Å². The lowest BCUT2D eigenvalue weighted by atomic mass is 10.1. The number of Topliss-reactive ketones (excluding diaryl/α,β-unsaturated/α-hetero) is 1. The zero-order valence-electron chi connectivity index (χ0n) is 17.3. The standard InChI is InChI=1S/C23H24N4O2S/c1-4-17-7-9-18(10-8-17)22-24-23(26-25-22)30-14-21(28)20-12-15(2)27(16(20)3)13-19-6-5-11-29-19/h5-12H,4,13-14H2,1-3H3,(H,24,25,26). The molecule has 4 aromatic rings. The van der Waals surface area contributed by atoms with Crippen molar-refractivity contribution in [2.75, 3.05) is 5.75 Å². The molecule has 0 amide bonds. The Balaban J connectivity index is 1.42. The summed E-state index contributed by atoms with van der Waals surface area (Å²) in [5.74, 6) is 1.93. The van der Waals surface area contributed by atoms with Crippen LogP contribution in [-0.2, 0) is 13.0 Å². The molecular weight excluding hydrogens is 396 g/mol. The number of aromatic amines is 1. The van der Waals surface area contributed by atoms with Crippen molar-refractivity contribution in [1.82, 2.24) is 19.7 Å². The van der Waals surface area contributed by atoms with Gasteiger partial charge in [-0.15, -0.1) is 5.10 Å². The number of aromatic nitrogens is 4. The van der Waals surface area contributed by atoms with Crippen LogP contribution in [0.1, 0.15) is 40.0 Å².